The van der Waals surface area contributed by atoms with Crippen LogP contribution < -0.4 is 15.4 Å². The Kier molecular flexibility index (Phi) is 7.37. The van der Waals surface area contributed by atoms with Gasteiger partial charge in [-0.3, -0.25) is 0 Å². The molecular formula is C19H22N2O4S. The van der Waals surface area contributed by atoms with Gasteiger partial charge in [0.1, 0.15) is 11.9 Å². The van der Waals surface area contributed by atoms with E-state index in [0.717, 1.165) is 5.56 Å². The number of carbonyl (C=O) groups is 1. The standard InChI is InChI=1S/C19H22N2O4S/c1-24-15-10-8-14(9-11-15)17(22)16(18(23)25-2)21-19(26)20-12-13-6-4-3-5-7-13/h3-11,16-17,22H,12H2,1-2H3,(H2,20,21,26). The van der Waals surface area contributed by atoms with Gasteiger partial charge in [0.2, 0.25) is 0 Å². The molecule has 0 fully saturated rings. The van der Waals surface area contributed by atoms with Gasteiger partial charge in [-0.2, -0.15) is 0 Å². The first-order valence-corrected chi connectivity index (χ1v) is 8.44. The van der Waals surface area contributed by atoms with Crippen molar-refractivity contribution in [2.75, 3.05) is 14.2 Å². The number of thiocarbonyl (C=S) groups is 1. The Labute approximate surface area is 158 Å². The number of hydrogen-bond donors (Lipinski definition) is 3. The van der Waals surface area contributed by atoms with E-state index in [1.807, 2.05) is 30.3 Å². The van der Waals surface area contributed by atoms with Gasteiger partial charge in [0.25, 0.3) is 0 Å². The van der Waals surface area contributed by atoms with Crippen molar-refractivity contribution in [2.45, 2.75) is 18.7 Å². The lowest BCUT2D eigenvalue weighted by Crippen LogP contribution is -2.49. The number of benzene rings is 2. The zero-order chi connectivity index (χ0) is 18.9. The summed E-state index contributed by atoms with van der Waals surface area (Å²) in [6, 6.07) is 15.4. The number of carbonyl (C=O) groups excluding carboxylic acids is 1. The highest BCUT2D eigenvalue weighted by molar-refractivity contribution is 7.80. The molecule has 0 bridgehead atoms. The smallest absolute Gasteiger partial charge is 0.331 e. The SMILES string of the molecule is COC(=O)C(NC(=S)NCc1ccccc1)C(O)c1ccc(OC)cc1. The second-order valence-corrected chi connectivity index (χ2v) is 5.94. The molecule has 0 aliphatic heterocycles. The molecule has 2 rings (SSSR count). The number of nitrogens with one attached hydrogen (secondary N) is 2. The molecule has 3 N–H and O–H groups in total. The summed E-state index contributed by atoms with van der Waals surface area (Å²) in [6.45, 7) is 0.499. The third kappa shape index (κ3) is 5.44. The number of methoxy groups -OCH3 is 2. The highest BCUT2D eigenvalue weighted by Gasteiger charge is 2.29. The van der Waals surface area contributed by atoms with E-state index in [2.05, 4.69) is 10.6 Å². The highest BCUT2D eigenvalue weighted by Crippen LogP contribution is 2.21. The van der Waals surface area contributed by atoms with Gasteiger partial charge in [0, 0.05) is 6.54 Å². The van der Waals surface area contributed by atoms with Gasteiger partial charge in [-0.25, -0.2) is 4.79 Å². The third-order valence-electron chi connectivity index (χ3n) is 3.81. The molecule has 2 atom stereocenters. The minimum Gasteiger partial charge on any atom is -0.497 e. The fraction of sp³-hybridized carbons (Fsp3) is 0.263. The van der Waals surface area contributed by atoms with E-state index < -0.39 is 18.1 Å². The van der Waals surface area contributed by atoms with Crippen LogP contribution in [0.15, 0.2) is 54.6 Å². The molecule has 0 saturated carbocycles. The third-order valence-corrected chi connectivity index (χ3v) is 4.07. The molecule has 7 heteroatoms. The Morgan fingerprint density at radius 1 is 1.12 bits per heavy atom. The Morgan fingerprint density at radius 3 is 2.35 bits per heavy atom. The maximum Gasteiger partial charge on any atom is 0.331 e. The molecule has 0 aliphatic rings. The van der Waals surface area contributed by atoms with Crippen LogP contribution in [0.3, 0.4) is 0 Å². The molecule has 0 amide bonds. The maximum absolute atomic E-state index is 12.1. The molecule has 0 spiro atoms. The first kappa shape index (κ1) is 19.7. The van der Waals surface area contributed by atoms with Crippen molar-refractivity contribution in [3.8, 4) is 5.75 Å². The first-order chi connectivity index (χ1) is 12.5. The van der Waals surface area contributed by atoms with E-state index in [-0.39, 0.29) is 5.11 Å². The van der Waals surface area contributed by atoms with Gasteiger partial charge in [0.05, 0.1) is 14.2 Å². The monoisotopic (exact) mass is 374 g/mol. The van der Waals surface area contributed by atoms with Crippen LogP contribution in [0.25, 0.3) is 0 Å². The summed E-state index contributed by atoms with van der Waals surface area (Å²) in [7, 11) is 2.82. The lowest BCUT2D eigenvalue weighted by Gasteiger charge is -2.24. The van der Waals surface area contributed by atoms with Gasteiger partial charge < -0.3 is 25.2 Å². The maximum atomic E-state index is 12.1. The van der Waals surface area contributed by atoms with Crippen LogP contribution in [0.2, 0.25) is 0 Å². The summed E-state index contributed by atoms with van der Waals surface area (Å²) in [6.07, 6.45) is -1.13. The molecule has 0 heterocycles. The van der Waals surface area contributed by atoms with Gasteiger partial charge in [-0.05, 0) is 35.5 Å². The molecule has 2 aromatic carbocycles. The number of esters is 1. The number of rotatable bonds is 7. The van der Waals surface area contributed by atoms with Crippen molar-refractivity contribution in [3.05, 3.63) is 65.7 Å². The number of aliphatic hydroxyl groups excluding tert-OH is 1. The van der Waals surface area contributed by atoms with Gasteiger partial charge in [0.15, 0.2) is 11.2 Å². The van der Waals surface area contributed by atoms with Crippen LogP contribution >= 0.6 is 12.2 Å². The minimum atomic E-state index is -1.13. The second kappa shape index (κ2) is 9.74. The first-order valence-electron chi connectivity index (χ1n) is 8.03. The van der Waals surface area contributed by atoms with Gasteiger partial charge >= 0.3 is 5.97 Å². The van der Waals surface area contributed by atoms with Crippen LogP contribution in [0.1, 0.15) is 17.2 Å². The van der Waals surface area contributed by atoms with Crippen LogP contribution in [0.4, 0.5) is 0 Å². The lowest BCUT2D eigenvalue weighted by molar-refractivity contribution is -0.145. The van der Waals surface area contributed by atoms with Crippen molar-refractivity contribution in [1.29, 1.82) is 0 Å². The molecule has 6 nitrogen and oxygen atoms in total. The molecule has 138 valence electrons. The van der Waals surface area contributed by atoms with E-state index in [1.165, 1.54) is 7.11 Å². The van der Waals surface area contributed by atoms with E-state index in [1.54, 1.807) is 31.4 Å². The number of hydrogen-bond acceptors (Lipinski definition) is 5. The summed E-state index contributed by atoms with van der Waals surface area (Å²) in [5.74, 6) is 0.0424. The van der Waals surface area contributed by atoms with Crippen LogP contribution in [-0.4, -0.2) is 36.4 Å². The largest absolute Gasteiger partial charge is 0.497 e. The summed E-state index contributed by atoms with van der Waals surface area (Å²) in [5, 5.41) is 16.7. The van der Waals surface area contributed by atoms with Crippen LogP contribution in [0, 0.1) is 0 Å². The minimum absolute atomic E-state index is 0.247. The van der Waals surface area contributed by atoms with Gasteiger partial charge in [-0.1, -0.05) is 42.5 Å². The Bertz CT molecular complexity index is 722. The van der Waals surface area contributed by atoms with Crippen LogP contribution in [-0.2, 0) is 16.1 Å². The van der Waals surface area contributed by atoms with Crippen LogP contribution in [0.5, 0.6) is 5.75 Å². The average Bonchev–Trinajstić information content (AvgIpc) is 2.70. The number of ether oxygens (including phenoxy) is 2. The average molecular weight is 374 g/mol. The molecule has 0 aliphatic carbocycles. The molecule has 2 unspecified atom stereocenters. The highest BCUT2D eigenvalue weighted by atomic mass is 32.1. The second-order valence-electron chi connectivity index (χ2n) is 5.53. The molecule has 0 aromatic heterocycles. The van der Waals surface area contributed by atoms with Crippen molar-refractivity contribution in [1.82, 2.24) is 10.6 Å². The van der Waals surface area contributed by atoms with Crippen molar-refractivity contribution in [3.63, 3.8) is 0 Å². The van der Waals surface area contributed by atoms with Crippen molar-refractivity contribution >= 4 is 23.3 Å². The van der Waals surface area contributed by atoms with E-state index in [0.29, 0.717) is 17.9 Å². The quantitative estimate of drug-likeness (QED) is 0.505. The molecule has 26 heavy (non-hydrogen) atoms. The van der Waals surface area contributed by atoms with Crippen molar-refractivity contribution in [2.24, 2.45) is 0 Å². The Balaban J connectivity index is 2.03. The fourth-order valence-corrected chi connectivity index (χ4v) is 2.56. The predicted molar refractivity (Wildman–Crippen MR) is 103 cm³/mol. The normalized spacial score (nSPS) is 12.6. The number of aliphatic hydroxyl groups is 1. The molecule has 0 radical (unpaired) electrons. The zero-order valence-electron chi connectivity index (χ0n) is 14.6. The molecule has 0 saturated heterocycles. The van der Waals surface area contributed by atoms with E-state index in [4.69, 9.17) is 21.7 Å². The van der Waals surface area contributed by atoms with E-state index >= 15 is 0 Å². The summed E-state index contributed by atoms with van der Waals surface area (Å²) in [4.78, 5) is 12.1. The summed E-state index contributed by atoms with van der Waals surface area (Å²) < 4.78 is 9.89. The lowest BCUT2D eigenvalue weighted by atomic mass is 10.0. The summed E-state index contributed by atoms with van der Waals surface area (Å²) in [5.41, 5.74) is 1.58. The van der Waals surface area contributed by atoms with Crippen molar-refractivity contribution < 1.29 is 19.4 Å². The zero-order valence-corrected chi connectivity index (χ0v) is 15.5. The fourth-order valence-electron chi connectivity index (χ4n) is 2.36. The predicted octanol–water partition coefficient (Wildman–Crippen LogP) is 1.93. The summed E-state index contributed by atoms with van der Waals surface area (Å²) >= 11 is 5.24. The van der Waals surface area contributed by atoms with E-state index in [9.17, 15) is 9.90 Å². The Hall–Kier alpha value is -2.64. The topological polar surface area (TPSA) is 79.8 Å². The molecular weight excluding hydrogens is 352 g/mol. The van der Waals surface area contributed by atoms with Gasteiger partial charge in [-0.15, -0.1) is 0 Å². The Morgan fingerprint density at radius 2 is 1.77 bits per heavy atom. The molecule has 2 aromatic rings.